The van der Waals surface area contributed by atoms with Gasteiger partial charge in [-0.2, -0.15) is 0 Å². The number of nitrogens with zero attached hydrogens (tertiary/aromatic N) is 8. The smallest absolute Gasteiger partial charge is 0.164 e. The first-order valence-corrected chi connectivity index (χ1v) is 41.2. The van der Waals surface area contributed by atoms with Gasteiger partial charge in [0.05, 0.1) is 33.3 Å². The lowest BCUT2D eigenvalue weighted by Crippen LogP contribution is -2.32. The van der Waals surface area contributed by atoms with Crippen molar-refractivity contribution in [3.63, 3.8) is 0 Å². The van der Waals surface area contributed by atoms with E-state index in [-0.39, 0.29) is 0 Å². The summed E-state index contributed by atoms with van der Waals surface area (Å²) >= 11 is 0. The van der Waals surface area contributed by atoms with E-state index in [4.69, 9.17) is 49.3 Å². The average Bonchev–Trinajstić information content (AvgIpc) is 1.45. The Morgan fingerprint density at radius 1 is 0.172 bits per heavy atom. The maximum atomic E-state index is 7.23. The molecule has 10 nitrogen and oxygen atoms in total. The zero-order valence-electron chi connectivity index (χ0n) is 65.7. The lowest BCUT2D eigenvalue weighted by molar-refractivity contribution is 0.442. The molecule has 17 aromatic carbocycles. The van der Waals surface area contributed by atoms with Gasteiger partial charge in [-0.1, -0.05) is 388 Å². The third-order valence-electron chi connectivity index (χ3n) is 24.8. The Kier molecular flexibility index (Phi) is 16.2. The van der Waals surface area contributed by atoms with Gasteiger partial charge in [-0.25, -0.2) is 39.9 Å². The van der Waals surface area contributed by atoms with Crippen molar-refractivity contribution in [3.8, 4) is 147 Å². The highest BCUT2D eigenvalue weighted by atomic mass is 16.5. The summed E-state index contributed by atoms with van der Waals surface area (Å²) < 4.78 is 14.4. The van der Waals surface area contributed by atoms with E-state index in [1.807, 2.05) is 109 Å². The van der Waals surface area contributed by atoms with Crippen LogP contribution in [0.15, 0.2) is 413 Å². The molecule has 21 aromatic rings. The van der Waals surface area contributed by atoms with E-state index in [0.29, 0.717) is 34.9 Å². The number of ether oxygens (including phenoxy) is 2. The van der Waals surface area contributed by atoms with Crippen LogP contribution >= 0.6 is 0 Å². The molecule has 0 amide bonds. The Balaban J connectivity index is 0.000000139. The Morgan fingerprint density at radius 2 is 0.418 bits per heavy atom. The van der Waals surface area contributed by atoms with Crippen molar-refractivity contribution in [1.82, 2.24) is 39.9 Å². The van der Waals surface area contributed by atoms with Gasteiger partial charge in [0.1, 0.15) is 23.0 Å². The molecule has 0 saturated carbocycles. The number of benzene rings is 17. The molecule has 0 unspecified atom stereocenters. The first-order chi connectivity index (χ1) is 60.5. The monoisotopic (exact) mass is 1560 g/mol. The quantitative estimate of drug-likeness (QED) is 0.129. The van der Waals surface area contributed by atoms with Gasteiger partial charge in [0.25, 0.3) is 0 Å². The van der Waals surface area contributed by atoms with E-state index in [1.54, 1.807) is 0 Å². The molecule has 4 aromatic heterocycles. The molecule has 6 heterocycles. The number of hydrogen-bond acceptors (Lipinski definition) is 10. The second-order valence-corrected chi connectivity index (χ2v) is 31.4. The van der Waals surface area contributed by atoms with Crippen LogP contribution in [0, 0.1) is 0 Å². The van der Waals surface area contributed by atoms with E-state index in [0.717, 1.165) is 156 Å². The Bertz CT molecular complexity index is 7660. The van der Waals surface area contributed by atoms with Crippen LogP contribution in [0.5, 0.6) is 23.0 Å². The van der Waals surface area contributed by atoms with Crippen LogP contribution in [0.1, 0.15) is 44.5 Å². The normalized spacial score (nSPS) is 13.0. The maximum Gasteiger partial charge on any atom is 0.164 e. The van der Waals surface area contributed by atoms with Crippen molar-refractivity contribution in [3.05, 3.63) is 457 Å². The van der Waals surface area contributed by atoms with Crippen LogP contribution in [0.2, 0.25) is 0 Å². The van der Waals surface area contributed by atoms with E-state index < -0.39 is 10.8 Å². The minimum absolute atomic E-state index is 0.569. The standard InChI is InChI=1S/C59H36N4O.C53H32N4O/c1-4-16-37(17-5-1)38-28-30-41(31-29-38)57-61-56(40-20-8-3-9-21-40)62-58(63-57)42-32-33-45-51(36-42)60-54(39-18-6-2-7-19-39)46-34-35-50-55(53(45)46)64-52-27-15-14-26-49(52)59(50)47-24-12-10-22-43(47)44-23-11-13-25-48(44)59;1-4-16-33(17-5-1)48-40-30-31-44-49(58-46-27-15-14-26-43(46)53(44)41-24-12-10-22-37(41)38-23-11-13-25-42(38)53)47(40)39-29-28-36(32-45(39)54-48)52-56-50(34-18-6-2-7-19-34)55-51(57-52)35-20-8-3-9-21-35/h1-36H;1-32H. The summed E-state index contributed by atoms with van der Waals surface area (Å²) in [5, 5.41) is 6.06. The summed E-state index contributed by atoms with van der Waals surface area (Å²) in [4.78, 5) is 41.3. The topological polar surface area (TPSA) is 122 Å². The van der Waals surface area contributed by atoms with E-state index in [9.17, 15) is 0 Å². The van der Waals surface area contributed by atoms with Crippen LogP contribution in [0.3, 0.4) is 0 Å². The second kappa shape index (κ2) is 28.2. The summed E-state index contributed by atoms with van der Waals surface area (Å²) in [6.07, 6.45) is 0. The third kappa shape index (κ3) is 11.0. The molecule has 0 N–H and O–H groups in total. The molecule has 0 atom stereocenters. The van der Waals surface area contributed by atoms with Crippen LogP contribution in [0.25, 0.3) is 168 Å². The average molecular weight is 1560 g/mol. The highest BCUT2D eigenvalue weighted by Crippen LogP contribution is 2.66. The van der Waals surface area contributed by atoms with Crippen molar-refractivity contribution in [1.29, 1.82) is 0 Å². The van der Waals surface area contributed by atoms with Gasteiger partial charge in [0.2, 0.25) is 0 Å². The zero-order chi connectivity index (χ0) is 80.4. The first kappa shape index (κ1) is 70.0. The number of hydrogen-bond donors (Lipinski definition) is 0. The molecule has 0 bridgehead atoms. The summed E-state index contributed by atoms with van der Waals surface area (Å²) in [6, 6.07) is 144. The Morgan fingerprint density at radius 3 is 0.762 bits per heavy atom. The van der Waals surface area contributed by atoms with E-state index >= 15 is 0 Å². The van der Waals surface area contributed by atoms with Gasteiger partial charge >= 0.3 is 0 Å². The molecule has 122 heavy (non-hydrogen) atoms. The third-order valence-corrected chi connectivity index (χ3v) is 24.8. The molecule has 0 radical (unpaired) electrons. The van der Waals surface area contributed by atoms with Gasteiger partial charge in [-0.15, -0.1) is 0 Å². The Labute approximate surface area is 703 Å². The van der Waals surface area contributed by atoms with E-state index in [2.05, 4.69) is 303 Å². The number of para-hydroxylation sites is 2. The fraction of sp³-hybridized carbons (Fsp3) is 0.0179. The van der Waals surface area contributed by atoms with Gasteiger partial charge in [0, 0.05) is 99.1 Å². The maximum absolute atomic E-state index is 7.23. The molecule has 2 aliphatic carbocycles. The molecule has 25 rings (SSSR count). The molecule has 2 spiro atoms. The predicted molar refractivity (Wildman–Crippen MR) is 489 cm³/mol. The van der Waals surface area contributed by atoms with Gasteiger partial charge in [0.15, 0.2) is 34.9 Å². The minimum Gasteiger partial charge on any atom is -0.456 e. The highest BCUT2D eigenvalue weighted by Gasteiger charge is 2.53. The molecule has 10 heteroatoms. The van der Waals surface area contributed by atoms with Crippen molar-refractivity contribution in [2.24, 2.45) is 0 Å². The van der Waals surface area contributed by atoms with Gasteiger partial charge < -0.3 is 9.47 Å². The number of pyridine rings is 2. The largest absolute Gasteiger partial charge is 0.456 e. The van der Waals surface area contributed by atoms with Gasteiger partial charge in [-0.3, -0.25) is 0 Å². The number of rotatable bonds is 9. The van der Waals surface area contributed by atoms with Crippen LogP contribution < -0.4 is 9.47 Å². The fourth-order valence-electron chi connectivity index (χ4n) is 19.4. The van der Waals surface area contributed by atoms with Crippen LogP contribution in [0.4, 0.5) is 0 Å². The molecular formula is C112H68N8O2. The second-order valence-electron chi connectivity index (χ2n) is 31.4. The number of fused-ring (bicyclic) bond motifs is 26. The van der Waals surface area contributed by atoms with Crippen molar-refractivity contribution < 1.29 is 9.47 Å². The predicted octanol–water partition coefficient (Wildman–Crippen LogP) is 27.1. The molecule has 2 aliphatic heterocycles. The molecule has 0 fully saturated rings. The van der Waals surface area contributed by atoms with E-state index in [1.165, 1.54) is 44.5 Å². The lowest BCUT2D eigenvalue weighted by Gasteiger charge is -2.40. The van der Waals surface area contributed by atoms with Crippen molar-refractivity contribution in [2.75, 3.05) is 0 Å². The highest BCUT2D eigenvalue weighted by molar-refractivity contribution is 6.17. The summed E-state index contributed by atoms with van der Waals surface area (Å²) in [6.45, 7) is 0. The van der Waals surface area contributed by atoms with Crippen molar-refractivity contribution in [2.45, 2.75) is 10.8 Å². The summed E-state index contributed by atoms with van der Waals surface area (Å²) in [7, 11) is 0. The fourth-order valence-corrected chi connectivity index (χ4v) is 19.4. The Hall–Kier alpha value is -16.3. The summed E-state index contributed by atoms with van der Waals surface area (Å²) in [5.41, 5.74) is 26.4. The lowest BCUT2D eigenvalue weighted by atomic mass is 9.65. The molecule has 568 valence electrons. The number of aromatic nitrogens is 8. The molecule has 4 aliphatic rings. The minimum atomic E-state index is -0.595. The van der Waals surface area contributed by atoms with Crippen molar-refractivity contribution >= 4 is 43.4 Å². The SMILES string of the molecule is c1ccc(-c2ccc(-c3nc(-c4ccccc4)nc(-c4ccc5c(c4)nc(-c4ccccc4)c4ccc6c(c45)Oc4ccccc4C64c5ccccc5-c5ccccc54)n3)cc2)cc1.c1ccc(-c2nc(-c3ccccc3)nc(-c3ccc4c(c3)nc(-c3ccccc3)c3ccc5c(c34)Oc3ccccc3C53c4ccccc4-c4ccccc43)n2)cc1. The summed E-state index contributed by atoms with van der Waals surface area (Å²) in [5.74, 6) is 6.97. The van der Waals surface area contributed by atoms with Crippen LogP contribution in [-0.4, -0.2) is 39.9 Å². The molecular weight excluding hydrogens is 1490 g/mol. The van der Waals surface area contributed by atoms with Gasteiger partial charge in [-0.05, 0) is 79.9 Å². The van der Waals surface area contributed by atoms with Crippen LogP contribution in [-0.2, 0) is 10.8 Å². The zero-order valence-corrected chi connectivity index (χ0v) is 65.7. The molecule has 0 saturated heterocycles. The first-order valence-electron chi connectivity index (χ1n) is 41.2.